The summed E-state index contributed by atoms with van der Waals surface area (Å²) >= 11 is 0. The van der Waals surface area contributed by atoms with E-state index in [1.807, 2.05) is 10.8 Å². The number of hydrogen-bond donors (Lipinski definition) is 2. The van der Waals surface area contributed by atoms with E-state index in [9.17, 15) is 9.59 Å². The largest absolute Gasteiger partial charge is 0.467 e. The summed E-state index contributed by atoms with van der Waals surface area (Å²) < 4.78 is 6.74. The summed E-state index contributed by atoms with van der Waals surface area (Å²) in [5, 5.41) is 2.78. The lowest BCUT2D eigenvalue weighted by atomic mass is 10.1. The van der Waals surface area contributed by atoms with Gasteiger partial charge in [-0.1, -0.05) is 19.6 Å². The SMILES string of the molecule is COC(=O)C(Cc1cn(CCCN)cn1)NC(=O)CC[Si](C)(C)C. The van der Waals surface area contributed by atoms with Crippen LogP contribution in [0.5, 0.6) is 0 Å². The minimum Gasteiger partial charge on any atom is -0.467 e. The van der Waals surface area contributed by atoms with E-state index in [2.05, 4.69) is 29.9 Å². The Balaban J connectivity index is 2.63. The van der Waals surface area contributed by atoms with Crippen LogP contribution >= 0.6 is 0 Å². The third-order valence-corrected chi connectivity index (χ3v) is 5.39. The van der Waals surface area contributed by atoms with E-state index >= 15 is 0 Å². The van der Waals surface area contributed by atoms with Crippen molar-refractivity contribution in [2.24, 2.45) is 5.73 Å². The molecular formula is C16H30N4O3Si. The van der Waals surface area contributed by atoms with Crippen LogP contribution < -0.4 is 11.1 Å². The van der Waals surface area contributed by atoms with Gasteiger partial charge in [0.05, 0.1) is 19.1 Å². The van der Waals surface area contributed by atoms with Gasteiger partial charge < -0.3 is 20.4 Å². The van der Waals surface area contributed by atoms with Crippen LogP contribution in [0.3, 0.4) is 0 Å². The van der Waals surface area contributed by atoms with Crippen molar-refractivity contribution < 1.29 is 14.3 Å². The predicted molar refractivity (Wildman–Crippen MR) is 96.3 cm³/mol. The van der Waals surface area contributed by atoms with Crippen molar-refractivity contribution in [2.75, 3.05) is 13.7 Å². The Hall–Kier alpha value is -1.67. The highest BCUT2D eigenvalue weighted by molar-refractivity contribution is 6.76. The number of hydrogen-bond acceptors (Lipinski definition) is 5. The van der Waals surface area contributed by atoms with Gasteiger partial charge in [0.25, 0.3) is 0 Å². The predicted octanol–water partition coefficient (Wildman–Crippen LogP) is 1.16. The molecule has 0 saturated heterocycles. The highest BCUT2D eigenvalue weighted by Crippen LogP contribution is 2.11. The summed E-state index contributed by atoms with van der Waals surface area (Å²) in [4.78, 5) is 28.4. The van der Waals surface area contributed by atoms with Gasteiger partial charge in [-0.3, -0.25) is 4.79 Å². The van der Waals surface area contributed by atoms with Crippen LogP contribution in [0.2, 0.25) is 25.7 Å². The van der Waals surface area contributed by atoms with Crippen molar-refractivity contribution in [3.8, 4) is 0 Å². The molecule has 136 valence electrons. The number of ether oxygens (including phenoxy) is 1. The molecule has 0 aliphatic rings. The van der Waals surface area contributed by atoms with Gasteiger partial charge in [0.1, 0.15) is 6.04 Å². The Bertz CT molecular complexity index is 540. The lowest BCUT2D eigenvalue weighted by Gasteiger charge is -2.18. The molecule has 0 radical (unpaired) electrons. The highest BCUT2D eigenvalue weighted by atomic mass is 28.3. The summed E-state index contributed by atoms with van der Waals surface area (Å²) in [5.74, 6) is -0.566. The molecule has 1 aromatic rings. The van der Waals surface area contributed by atoms with Crippen molar-refractivity contribution in [1.82, 2.24) is 14.9 Å². The Morgan fingerprint density at radius 1 is 1.42 bits per heavy atom. The summed E-state index contributed by atoms with van der Waals surface area (Å²) in [6, 6.07) is 0.183. The van der Waals surface area contributed by atoms with Crippen LogP contribution in [0.1, 0.15) is 18.5 Å². The molecule has 7 nitrogen and oxygen atoms in total. The molecule has 8 heteroatoms. The Morgan fingerprint density at radius 2 is 2.12 bits per heavy atom. The van der Waals surface area contributed by atoms with Gasteiger partial charge in [-0.2, -0.15) is 0 Å². The minimum absolute atomic E-state index is 0.115. The van der Waals surface area contributed by atoms with Crippen molar-refractivity contribution in [1.29, 1.82) is 0 Å². The van der Waals surface area contributed by atoms with Crippen LogP contribution in [0, 0.1) is 0 Å². The van der Waals surface area contributed by atoms with Crippen LogP contribution in [0.25, 0.3) is 0 Å². The molecule has 1 rings (SSSR count). The smallest absolute Gasteiger partial charge is 0.328 e. The molecule has 24 heavy (non-hydrogen) atoms. The van der Waals surface area contributed by atoms with E-state index in [4.69, 9.17) is 10.5 Å². The Morgan fingerprint density at radius 3 is 2.71 bits per heavy atom. The second kappa shape index (κ2) is 9.58. The molecule has 0 fully saturated rings. The zero-order chi connectivity index (χ0) is 18.2. The van der Waals surface area contributed by atoms with Gasteiger partial charge in [0, 0.05) is 33.7 Å². The molecular weight excluding hydrogens is 324 g/mol. The van der Waals surface area contributed by atoms with E-state index in [-0.39, 0.29) is 5.91 Å². The second-order valence-corrected chi connectivity index (χ2v) is 12.8. The fraction of sp³-hybridized carbons (Fsp3) is 0.688. The van der Waals surface area contributed by atoms with Crippen LogP contribution in [-0.2, 0) is 27.3 Å². The van der Waals surface area contributed by atoms with E-state index in [0.717, 1.165) is 24.7 Å². The molecule has 0 aliphatic carbocycles. The third-order valence-electron chi connectivity index (χ3n) is 3.64. The number of carbonyl (C=O) groups is 2. The lowest BCUT2D eigenvalue weighted by Crippen LogP contribution is -2.43. The van der Waals surface area contributed by atoms with Crippen molar-refractivity contribution in [2.45, 2.75) is 57.5 Å². The normalized spacial score (nSPS) is 12.7. The van der Waals surface area contributed by atoms with Crippen LogP contribution in [-0.4, -0.2) is 49.2 Å². The molecule has 1 heterocycles. The van der Waals surface area contributed by atoms with Crippen molar-refractivity contribution >= 4 is 20.0 Å². The first-order valence-corrected chi connectivity index (χ1v) is 12.0. The van der Waals surface area contributed by atoms with Gasteiger partial charge in [0.2, 0.25) is 5.91 Å². The highest BCUT2D eigenvalue weighted by Gasteiger charge is 2.24. The van der Waals surface area contributed by atoms with Gasteiger partial charge in [-0.05, 0) is 19.0 Å². The maximum absolute atomic E-state index is 12.1. The quantitative estimate of drug-likeness (QED) is 0.485. The molecule has 1 amide bonds. The number of aromatic nitrogens is 2. The summed E-state index contributed by atoms with van der Waals surface area (Å²) in [5.41, 5.74) is 6.24. The van der Waals surface area contributed by atoms with E-state index in [0.29, 0.717) is 19.4 Å². The summed E-state index contributed by atoms with van der Waals surface area (Å²) in [6.07, 6.45) is 5.21. The molecule has 0 aliphatic heterocycles. The standard InChI is InChI=1S/C16H30N4O3Si/c1-23-16(22)14(19-15(21)6-9-24(2,3)4)10-13-11-20(12-18-13)8-5-7-17/h11-12,14H,5-10,17H2,1-4H3,(H,19,21). The van der Waals surface area contributed by atoms with Gasteiger partial charge in [-0.25, -0.2) is 9.78 Å². The zero-order valence-corrected chi connectivity index (χ0v) is 16.2. The van der Waals surface area contributed by atoms with Crippen molar-refractivity contribution in [3.05, 3.63) is 18.2 Å². The van der Waals surface area contributed by atoms with E-state index in [1.165, 1.54) is 7.11 Å². The molecule has 3 N–H and O–H groups in total. The topological polar surface area (TPSA) is 99.2 Å². The van der Waals surface area contributed by atoms with E-state index in [1.54, 1.807) is 6.33 Å². The van der Waals surface area contributed by atoms with Crippen molar-refractivity contribution in [3.63, 3.8) is 0 Å². The number of esters is 1. The lowest BCUT2D eigenvalue weighted by molar-refractivity contribution is -0.145. The zero-order valence-electron chi connectivity index (χ0n) is 15.2. The monoisotopic (exact) mass is 354 g/mol. The maximum atomic E-state index is 12.1. The van der Waals surface area contributed by atoms with Gasteiger partial charge >= 0.3 is 5.97 Å². The number of carbonyl (C=O) groups excluding carboxylic acids is 2. The van der Waals surface area contributed by atoms with Gasteiger partial charge in [-0.15, -0.1) is 0 Å². The molecule has 1 aromatic heterocycles. The minimum atomic E-state index is -1.29. The number of imidazole rings is 1. The summed E-state index contributed by atoms with van der Waals surface area (Å²) in [7, 11) is 0.0297. The average molecular weight is 355 g/mol. The fourth-order valence-electron chi connectivity index (χ4n) is 2.21. The number of methoxy groups -OCH3 is 1. The molecule has 0 bridgehead atoms. The number of rotatable bonds is 10. The average Bonchev–Trinajstić information content (AvgIpc) is 2.96. The number of nitrogens with two attached hydrogens (primary N) is 1. The molecule has 0 saturated carbocycles. The first-order chi connectivity index (χ1) is 11.2. The van der Waals surface area contributed by atoms with Crippen LogP contribution in [0.15, 0.2) is 12.5 Å². The van der Waals surface area contributed by atoms with Gasteiger partial charge in [0.15, 0.2) is 0 Å². The summed E-state index contributed by atoms with van der Waals surface area (Å²) in [6.45, 7) is 8.05. The molecule has 0 spiro atoms. The third kappa shape index (κ3) is 7.74. The second-order valence-electron chi connectivity index (χ2n) is 7.15. The molecule has 1 unspecified atom stereocenters. The first kappa shape index (κ1) is 20.4. The molecule has 1 atom stereocenters. The Kier molecular flexibility index (Phi) is 8.13. The number of nitrogens with one attached hydrogen (secondary N) is 1. The Labute approximate surface area is 145 Å². The first-order valence-electron chi connectivity index (χ1n) is 8.33. The number of nitrogens with zero attached hydrogens (tertiary/aromatic N) is 2. The number of amides is 1. The maximum Gasteiger partial charge on any atom is 0.328 e. The molecule has 0 aromatic carbocycles. The fourth-order valence-corrected chi connectivity index (χ4v) is 3.18. The van der Waals surface area contributed by atoms with Crippen LogP contribution in [0.4, 0.5) is 0 Å². The number of aryl methyl sites for hydroxylation is 1. The van der Waals surface area contributed by atoms with E-state index < -0.39 is 20.1 Å².